The normalized spacial score (nSPS) is 26.9. The molecule has 0 spiro atoms. The van der Waals surface area contributed by atoms with E-state index >= 15 is 0 Å². The molecule has 0 saturated heterocycles. The van der Waals surface area contributed by atoms with Crippen molar-refractivity contribution in [2.75, 3.05) is 5.32 Å². The molecule has 0 amide bonds. The standard InChI is InChI=1S/C21H21N3/c1-3-8-14(9-4-1)19-15-10-7-11-16(15)20-21(24-19)23-18-13-6-2-5-12-17(18)22-20/h1,3-4,6-9,11,13,15-16,19H,2,5,10,12H2,(H,23,24). The first-order valence-electron chi connectivity index (χ1n) is 8.95. The Bertz CT molecular complexity index is 822. The summed E-state index contributed by atoms with van der Waals surface area (Å²) in [6, 6.07) is 11.1. The summed E-state index contributed by atoms with van der Waals surface area (Å²) in [5.74, 6) is 1.90. The van der Waals surface area contributed by atoms with Gasteiger partial charge < -0.3 is 5.32 Å². The zero-order chi connectivity index (χ0) is 15.9. The van der Waals surface area contributed by atoms with Crippen LogP contribution < -0.4 is 5.32 Å². The maximum Gasteiger partial charge on any atom is 0.149 e. The number of benzene rings is 1. The molecule has 3 heteroatoms. The number of hydrogen-bond donors (Lipinski definition) is 1. The molecule has 1 aromatic carbocycles. The van der Waals surface area contributed by atoms with Gasteiger partial charge >= 0.3 is 0 Å². The number of fused-ring (bicyclic) bond motifs is 4. The van der Waals surface area contributed by atoms with Crippen molar-refractivity contribution in [1.82, 2.24) is 9.97 Å². The van der Waals surface area contributed by atoms with Gasteiger partial charge in [-0.2, -0.15) is 0 Å². The summed E-state index contributed by atoms with van der Waals surface area (Å²) in [5.41, 5.74) is 4.71. The molecule has 24 heavy (non-hydrogen) atoms. The second-order valence-electron chi connectivity index (χ2n) is 6.97. The van der Waals surface area contributed by atoms with E-state index in [2.05, 4.69) is 60.0 Å². The molecular weight excluding hydrogens is 294 g/mol. The van der Waals surface area contributed by atoms with Gasteiger partial charge in [-0.05, 0) is 43.2 Å². The predicted molar refractivity (Wildman–Crippen MR) is 96.8 cm³/mol. The minimum absolute atomic E-state index is 0.306. The molecule has 3 nitrogen and oxygen atoms in total. The van der Waals surface area contributed by atoms with Gasteiger partial charge in [0.15, 0.2) is 0 Å². The molecule has 2 aliphatic carbocycles. The molecule has 2 aromatic rings. The molecule has 0 saturated carbocycles. The van der Waals surface area contributed by atoms with Crippen molar-refractivity contribution in [2.45, 2.75) is 37.6 Å². The molecule has 0 radical (unpaired) electrons. The van der Waals surface area contributed by atoms with Crippen LogP contribution in [0.1, 0.15) is 53.9 Å². The lowest BCUT2D eigenvalue weighted by Gasteiger charge is -2.36. The van der Waals surface area contributed by atoms with Crippen LogP contribution in [0.5, 0.6) is 0 Å². The summed E-state index contributed by atoms with van der Waals surface area (Å²) in [7, 11) is 0. The van der Waals surface area contributed by atoms with Crippen molar-refractivity contribution >= 4 is 11.9 Å². The maximum atomic E-state index is 5.06. The minimum atomic E-state index is 0.306. The number of nitrogens with one attached hydrogen (secondary N) is 1. The fraction of sp³-hybridized carbons (Fsp3) is 0.333. The number of hydrogen-bond acceptors (Lipinski definition) is 3. The molecule has 0 bridgehead atoms. The number of nitrogens with zero attached hydrogens (tertiary/aromatic N) is 2. The zero-order valence-corrected chi connectivity index (χ0v) is 13.7. The Balaban J connectivity index is 1.62. The van der Waals surface area contributed by atoms with Crippen LogP contribution in [0.2, 0.25) is 0 Å². The van der Waals surface area contributed by atoms with Gasteiger partial charge in [0.1, 0.15) is 5.82 Å². The van der Waals surface area contributed by atoms with E-state index in [9.17, 15) is 0 Å². The van der Waals surface area contributed by atoms with E-state index in [0.29, 0.717) is 17.9 Å². The minimum Gasteiger partial charge on any atom is -0.361 e. The SMILES string of the molecule is C1=Cc2nc3c(nc2CCC1)C1C=CCC1C(c1ccccc1)N3. The van der Waals surface area contributed by atoms with E-state index in [-0.39, 0.29) is 0 Å². The van der Waals surface area contributed by atoms with Gasteiger partial charge in [-0.3, -0.25) is 4.98 Å². The van der Waals surface area contributed by atoms with Gasteiger partial charge in [-0.15, -0.1) is 0 Å². The Kier molecular flexibility index (Phi) is 3.25. The van der Waals surface area contributed by atoms with E-state index in [0.717, 1.165) is 36.5 Å². The van der Waals surface area contributed by atoms with Crippen LogP contribution >= 0.6 is 0 Å². The van der Waals surface area contributed by atoms with Crippen molar-refractivity contribution in [3.8, 4) is 0 Å². The Hall–Kier alpha value is -2.42. The third-order valence-electron chi connectivity index (χ3n) is 5.49. The first-order chi connectivity index (χ1) is 11.9. The molecule has 1 aromatic heterocycles. The smallest absolute Gasteiger partial charge is 0.149 e. The van der Waals surface area contributed by atoms with Crippen LogP contribution in [0.3, 0.4) is 0 Å². The molecule has 120 valence electrons. The Morgan fingerprint density at radius 2 is 1.96 bits per heavy atom. The quantitative estimate of drug-likeness (QED) is 0.778. The third-order valence-corrected chi connectivity index (χ3v) is 5.49. The van der Waals surface area contributed by atoms with Gasteiger partial charge in [-0.25, -0.2) is 4.98 Å². The van der Waals surface area contributed by atoms with Crippen LogP contribution in [-0.4, -0.2) is 9.97 Å². The third kappa shape index (κ3) is 2.19. The van der Waals surface area contributed by atoms with Gasteiger partial charge in [0, 0.05) is 5.92 Å². The van der Waals surface area contributed by atoms with Crippen molar-refractivity contribution in [2.24, 2.45) is 5.92 Å². The van der Waals surface area contributed by atoms with E-state index in [1.165, 1.54) is 17.7 Å². The number of allylic oxidation sites excluding steroid dienone is 3. The molecule has 3 aliphatic rings. The Morgan fingerprint density at radius 3 is 2.88 bits per heavy atom. The summed E-state index contributed by atoms with van der Waals surface area (Å²) >= 11 is 0. The lowest BCUT2D eigenvalue weighted by Crippen LogP contribution is -2.31. The number of rotatable bonds is 1. The van der Waals surface area contributed by atoms with Crippen LogP contribution in [0.15, 0.2) is 48.6 Å². The van der Waals surface area contributed by atoms with Gasteiger partial charge in [0.05, 0.1) is 23.1 Å². The second-order valence-corrected chi connectivity index (χ2v) is 6.97. The van der Waals surface area contributed by atoms with Crippen LogP contribution in [0.4, 0.5) is 5.82 Å². The van der Waals surface area contributed by atoms with Crippen molar-refractivity contribution in [3.63, 3.8) is 0 Å². The van der Waals surface area contributed by atoms with Crippen molar-refractivity contribution in [3.05, 3.63) is 71.2 Å². The topological polar surface area (TPSA) is 37.8 Å². The molecule has 3 atom stereocenters. The van der Waals surface area contributed by atoms with E-state index in [1.54, 1.807) is 0 Å². The lowest BCUT2D eigenvalue weighted by molar-refractivity contribution is 0.415. The average Bonchev–Trinajstić information content (AvgIpc) is 3.01. The summed E-state index contributed by atoms with van der Waals surface area (Å²) < 4.78 is 0. The van der Waals surface area contributed by atoms with Crippen LogP contribution in [0.25, 0.3) is 6.08 Å². The highest BCUT2D eigenvalue weighted by atomic mass is 15.1. The molecule has 3 unspecified atom stereocenters. The fourth-order valence-corrected chi connectivity index (χ4v) is 4.29. The lowest BCUT2D eigenvalue weighted by atomic mass is 9.80. The summed E-state index contributed by atoms with van der Waals surface area (Å²) in [5, 5.41) is 3.71. The highest BCUT2D eigenvalue weighted by Gasteiger charge is 2.40. The molecule has 1 aliphatic heterocycles. The monoisotopic (exact) mass is 315 g/mol. The molecule has 5 rings (SSSR count). The number of anilines is 1. The molecule has 0 fully saturated rings. The van der Waals surface area contributed by atoms with Crippen LogP contribution in [-0.2, 0) is 6.42 Å². The summed E-state index contributed by atoms with van der Waals surface area (Å²) in [6.45, 7) is 0. The highest BCUT2D eigenvalue weighted by molar-refractivity contribution is 5.58. The number of aryl methyl sites for hydroxylation is 1. The zero-order valence-electron chi connectivity index (χ0n) is 13.7. The van der Waals surface area contributed by atoms with E-state index < -0.39 is 0 Å². The maximum absolute atomic E-state index is 5.06. The summed E-state index contributed by atoms with van der Waals surface area (Å²) in [4.78, 5) is 10.0. The van der Waals surface area contributed by atoms with Gasteiger partial charge in [0.2, 0.25) is 0 Å². The molecule has 2 heterocycles. The molecule has 1 N–H and O–H groups in total. The number of aromatic nitrogens is 2. The van der Waals surface area contributed by atoms with Gasteiger partial charge in [0.25, 0.3) is 0 Å². The van der Waals surface area contributed by atoms with E-state index in [4.69, 9.17) is 9.97 Å². The predicted octanol–water partition coefficient (Wildman–Crippen LogP) is 4.65. The molecular formula is C21H21N3. The average molecular weight is 315 g/mol. The fourth-order valence-electron chi connectivity index (χ4n) is 4.29. The van der Waals surface area contributed by atoms with Crippen LogP contribution in [0, 0.1) is 5.92 Å². The van der Waals surface area contributed by atoms with Gasteiger partial charge in [-0.1, -0.05) is 48.6 Å². The Morgan fingerprint density at radius 1 is 1.04 bits per heavy atom. The first kappa shape index (κ1) is 14.0. The highest BCUT2D eigenvalue weighted by Crippen LogP contribution is 2.48. The summed E-state index contributed by atoms with van der Waals surface area (Å²) in [6.07, 6.45) is 13.5. The van der Waals surface area contributed by atoms with E-state index in [1.807, 2.05) is 0 Å². The van der Waals surface area contributed by atoms with Crippen molar-refractivity contribution < 1.29 is 0 Å². The first-order valence-corrected chi connectivity index (χ1v) is 8.95. The largest absolute Gasteiger partial charge is 0.361 e. The Labute approximate surface area is 142 Å². The van der Waals surface area contributed by atoms with Crippen molar-refractivity contribution in [1.29, 1.82) is 0 Å². The second kappa shape index (κ2) is 5.59.